The van der Waals surface area contributed by atoms with Crippen LogP contribution in [0.3, 0.4) is 0 Å². The Labute approximate surface area is 121 Å². The van der Waals surface area contributed by atoms with Crippen LogP contribution in [0.4, 0.5) is 0 Å². The summed E-state index contributed by atoms with van der Waals surface area (Å²) in [5.74, 6) is -1.12. The Kier molecular flexibility index (Phi) is 3.68. The van der Waals surface area contributed by atoms with Crippen molar-refractivity contribution >= 4 is 5.97 Å². The fourth-order valence-corrected chi connectivity index (χ4v) is 2.63. The van der Waals surface area contributed by atoms with Crippen LogP contribution in [0.15, 0.2) is 24.3 Å². The van der Waals surface area contributed by atoms with E-state index in [9.17, 15) is 4.79 Å². The molecule has 1 aliphatic rings. The predicted octanol–water partition coefficient (Wildman–Crippen LogP) is 0.749. The SMILES string of the molecule is NCc1c(C(=O)O)nnn1CC1OCCc2ccccc21. The second-order valence-electron chi connectivity index (χ2n) is 4.88. The number of aromatic nitrogens is 3. The number of ether oxygens (including phenoxy) is 1. The molecule has 2 heterocycles. The van der Waals surface area contributed by atoms with Crippen LogP contribution in [0.1, 0.15) is 33.4 Å². The zero-order chi connectivity index (χ0) is 14.8. The first kappa shape index (κ1) is 13.7. The third-order valence-corrected chi connectivity index (χ3v) is 3.66. The molecule has 1 aliphatic heterocycles. The van der Waals surface area contributed by atoms with Crippen LogP contribution in [-0.2, 0) is 24.2 Å². The van der Waals surface area contributed by atoms with E-state index in [1.807, 2.05) is 18.2 Å². The van der Waals surface area contributed by atoms with Gasteiger partial charge in [-0.25, -0.2) is 9.48 Å². The third-order valence-electron chi connectivity index (χ3n) is 3.66. The molecule has 0 saturated heterocycles. The highest BCUT2D eigenvalue weighted by Crippen LogP contribution is 2.28. The van der Waals surface area contributed by atoms with Crippen molar-refractivity contribution < 1.29 is 14.6 Å². The van der Waals surface area contributed by atoms with Crippen LogP contribution in [0, 0.1) is 0 Å². The molecule has 1 atom stereocenters. The molecule has 1 aromatic carbocycles. The summed E-state index contributed by atoms with van der Waals surface area (Å²) in [6, 6.07) is 8.08. The van der Waals surface area contributed by atoms with Gasteiger partial charge in [-0.3, -0.25) is 0 Å². The Morgan fingerprint density at radius 3 is 3.05 bits per heavy atom. The topological polar surface area (TPSA) is 103 Å². The molecular formula is C14H16N4O3. The van der Waals surface area contributed by atoms with E-state index in [2.05, 4.69) is 16.4 Å². The Hall–Kier alpha value is -2.25. The van der Waals surface area contributed by atoms with E-state index in [1.165, 1.54) is 10.2 Å². The van der Waals surface area contributed by atoms with Gasteiger partial charge in [-0.2, -0.15) is 0 Å². The number of fused-ring (bicyclic) bond motifs is 1. The molecule has 0 amide bonds. The van der Waals surface area contributed by atoms with Crippen molar-refractivity contribution in [2.24, 2.45) is 5.73 Å². The fraction of sp³-hybridized carbons (Fsp3) is 0.357. The van der Waals surface area contributed by atoms with Crippen LogP contribution >= 0.6 is 0 Å². The number of hydrogen-bond donors (Lipinski definition) is 2. The third kappa shape index (κ3) is 2.53. The normalized spacial score (nSPS) is 17.5. The molecule has 0 radical (unpaired) electrons. The Morgan fingerprint density at radius 1 is 1.48 bits per heavy atom. The number of carbonyl (C=O) groups is 1. The zero-order valence-corrected chi connectivity index (χ0v) is 11.4. The van der Waals surface area contributed by atoms with E-state index in [-0.39, 0.29) is 18.3 Å². The van der Waals surface area contributed by atoms with Crippen molar-refractivity contribution in [3.8, 4) is 0 Å². The van der Waals surface area contributed by atoms with Crippen molar-refractivity contribution in [3.63, 3.8) is 0 Å². The molecule has 0 aliphatic carbocycles. The highest BCUT2D eigenvalue weighted by atomic mass is 16.5. The molecule has 7 nitrogen and oxygen atoms in total. The summed E-state index contributed by atoms with van der Waals surface area (Å²) in [5, 5.41) is 16.7. The number of carboxylic acids is 1. The van der Waals surface area contributed by atoms with E-state index < -0.39 is 5.97 Å². The van der Waals surface area contributed by atoms with Crippen LogP contribution < -0.4 is 5.73 Å². The van der Waals surface area contributed by atoms with E-state index in [1.54, 1.807) is 0 Å². The second kappa shape index (κ2) is 5.63. The molecule has 3 N–H and O–H groups in total. The first-order valence-corrected chi connectivity index (χ1v) is 6.76. The average molecular weight is 288 g/mol. The molecule has 7 heteroatoms. The Morgan fingerprint density at radius 2 is 2.29 bits per heavy atom. The minimum Gasteiger partial charge on any atom is -0.476 e. The van der Waals surface area contributed by atoms with Gasteiger partial charge in [0.1, 0.15) is 6.10 Å². The van der Waals surface area contributed by atoms with Crippen molar-refractivity contribution in [3.05, 3.63) is 46.8 Å². The minimum atomic E-state index is -1.12. The highest BCUT2D eigenvalue weighted by Gasteiger charge is 2.24. The molecule has 2 aromatic rings. The summed E-state index contributed by atoms with van der Waals surface area (Å²) in [5.41, 5.74) is 8.31. The first-order valence-electron chi connectivity index (χ1n) is 6.76. The fourth-order valence-electron chi connectivity index (χ4n) is 2.63. The van der Waals surface area contributed by atoms with Gasteiger partial charge >= 0.3 is 5.97 Å². The molecule has 21 heavy (non-hydrogen) atoms. The highest BCUT2D eigenvalue weighted by molar-refractivity contribution is 5.86. The number of nitrogens with two attached hydrogens (primary N) is 1. The molecule has 0 spiro atoms. The summed E-state index contributed by atoms with van der Waals surface area (Å²) >= 11 is 0. The predicted molar refractivity (Wildman–Crippen MR) is 73.7 cm³/mol. The molecular weight excluding hydrogens is 272 g/mol. The summed E-state index contributed by atoms with van der Waals surface area (Å²) in [6.07, 6.45) is 0.720. The van der Waals surface area contributed by atoms with Gasteiger partial charge in [-0.1, -0.05) is 29.5 Å². The maximum atomic E-state index is 11.1. The number of rotatable bonds is 4. The second-order valence-corrected chi connectivity index (χ2v) is 4.88. The molecule has 110 valence electrons. The van der Waals surface area contributed by atoms with E-state index >= 15 is 0 Å². The van der Waals surface area contributed by atoms with Gasteiger partial charge in [0.2, 0.25) is 0 Å². The number of aromatic carboxylic acids is 1. The van der Waals surface area contributed by atoms with Crippen molar-refractivity contribution in [1.82, 2.24) is 15.0 Å². The Balaban J connectivity index is 1.90. The zero-order valence-electron chi connectivity index (χ0n) is 11.4. The molecule has 1 unspecified atom stereocenters. The monoisotopic (exact) mass is 288 g/mol. The molecule has 1 aromatic heterocycles. The van der Waals surface area contributed by atoms with Gasteiger partial charge in [-0.15, -0.1) is 5.10 Å². The first-order chi connectivity index (χ1) is 10.2. The van der Waals surface area contributed by atoms with E-state index in [0.29, 0.717) is 18.8 Å². The number of carboxylic acid groups (broad SMARTS) is 1. The van der Waals surface area contributed by atoms with E-state index in [0.717, 1.165) is 12.0 Å². The molecule has 3 rings (SSSR count). The summed E-state index contributed by atoms with van der Waals surface area (Å²) in [6.45, 7) is 1.12. The largest absolute Gasteiger partial charge is 0.476 e. The van der Waals surface area contributed by atoms with Crippen molar-refractivity contribution in [2.45, 2.75) is 25.6 Å². The van der Waals surface area contributed by atoms with Crippen LogP contribution in [-0.4, -0.2) is 32.7 Å². The van der Waals surface area contributed by atoms with Gasteiger partial charge in [0, 0.05) is 6.54 Å². The summed E-state index contributed by atoms with van der Waals surface area (Å²) in [7, 11) is 0. The lowest BCUT2D eigenvalue weighted by atomic mass is 9.97. The van der Waals surface area contributed by atoms with Gasteiger partial charge in [0.25, 0.3) is 0 Å². The van der Waals surface area contributed by atoms with Gasteiger partial charge in [0.05, 0.1) is 18.8 Å². The quantitative estimate of drug-likeness (QED) is 0.860. The van der Waals surface area contributed by atoms with Crippen LogP contribution in [0.2, 0.25) is 0 Å². The lowest BCUT2D eigenvalue weighted by Crippen LogP contribution is -2.23. The standard InChI is InChI=1S/C14H16N4O3/c15-7-11-13(14(19)20)16-17-18(11)8-12-10-4-2-1-3-9(10)5-6-21-12/h1-4,12H,5-8,15H2,(H,19,20). The lowest BCUT2D eigenvalue weighted by molar-refractivity contribution is 0.0273. The van der Waals surface area contributed by atoms with Crippen LogP contribution in [0.5, 0.6) is 0 Å². The average Bonchev–Trinajstić information content (AvgIpc) is 2.90. The molecule has 0 saturated carbocycles. The number of hydrogen-bond acceptors (Lipinski definition) is 5. The van der Waals surface area contributed by atoms with Crippen molar-refractivity contribution in [1.29, 1.82) is 0 Å². The van der Waals surface area contributed by atoms with E-state index in [4.69, 9.17) is 15.6 Å². The molecule has 0 fully saturated rings. The smallest absolute Gasteiger partial charge is 0.358 e. The number of nitrogens with zero attached hydrogens (tertiary/aromatic N) is 3. The van der Waals surface area contributed by atoms with Gasteiger partial charge in [-0.05, 0) is 17.5 Å². The lowest BCUT2D eigenvalue weighted by Gasteiger charge is -2.26. The molecule has 0 bridgehead atoms. The van der Waals surface area contributed by atoms with Crippen molar-refractivity contribution in [2.75, 3.05) is 6.61 Å². The summed E-state index contributed by atoms with van der Waals surface area (Å²) in [4.78, 5) is 11.1. The Bertz CT molecular complexity index is 668. The number of benzene rings is 1. The van der Waals surface area contributed by atoms with Gasteiger partial charge in [0.15, 0.2) is 5.69 Å². The maximum Gasteiger partial charge on any atom is 0.358 e. The summed E-state index contributed by atoms with van der Waals surface area (Å²) < 4.78 is 7.32. The van der Waals surface area contributed by atoms with Gasteiger partial charge < -0.3 is 15.6 Å². The maximum absolute atomic E-state index is 11.1. The van der Waals surface area contributed by atoms with Crippen LogP contribution in [0.25, 0.3) is 0 Å². The minimum absolute atomic E-state index is 0.0724.